The van der Waals surface area contributed by atoms with E-state index in [0.29, 0.717) is 23.7 Å². The molecule has 1 heterocycles. The van der Waals surface area contributed by atoms with E-state index in [2.05, 4.69) is 12.2 Å². The molecule has 2 bridgehead atoms. The SMILES string of the molecule is CO[C@H]1O[C@@H](OC)[C@H]2[C@@H]1[C@H]1C=C[C@@H]2C1. The minimum atomic E-state index is -0.0649. The van der Waals surface area contributed by atoms with Crippen LogP contribution in [0.1, 0.15) is 6.42 Å². The Bertz CT molecular complexity index is 239. The lowest BCUT2D eigenvalue weighted by Gasteiger charge is -2.23. The highest BCUT2D eigenvalue weighted by Gasteiger charge is 2.57. The molecule has 2 fully saturated rings. The molecule has 0 spiro atoms. The Balaban J connectivity index is 1.89. The van der Waals surface area contributed by atoms with Crippen LogP contribution in [-0.4, -0.2) is 26.8 Å². The molecule has 6 atom stereocenters. The fraction of sp³-hybridized carbons (Fsp3) is 0.818. The molecule has 3 rings (SSSR count). The van der Waals surface area contributed by atoms with Crippen LogP contribution >= 0.6 is 0 Å². The van der Waals surface area contributed by atoms with Crippen LogP contribution < -0.4 is 0 Å². The lowest BCUT2D eigenvalue weighted by Crippen LogP contribution is -2.27. The first kappa shape index (κ1) is 8.89. The predicted octanol–water partition coefficient (Wildman–Crippen LogP) is 1.40. The number of hydrogen-bond acceptors (Lipinski definition) is 3. The van der Waals surface area contributed by atoms with Gasteiger partial charge < -0.3 is 14.2 Å². The molecular weight excluding hydrogens is 180 g/mol. The average Bonchev–Trinajstić information content (AvgIpc) is 2.88. The predicted molar refractivity (Wildman–Crippen MR) is 50.4 cm³/mol. The minimum absolute atomic E-state index is 0.0649. The second-order valence-electron chi connectivity index (χ2n) is 4.45. The summed E-state index contributed by atoms with van der Waals surface area (Å²) in [5.74, 6) is 2.32. The number of rotatable bonds is 2. The van der Waals surface area contributed by atoms with E-state index in [1.54, 1.807) is 14.2 Å². The molecule has 0 N–H and O–H groups in total. The van der Waals surface area contributed by atoms with Crippen LogP contribution in [0.3, 0.4) is 0 Å². The summed E-state index contributed by atoms with van der Waals surface area (Å²) in [5, 5.41) is 0. The molecule has 0 aromatic heterocycles. The zero-order valence-corrected chi connectivity index (χ0v) is 8.55. The van der Waals surface area contributed by atoms with Crippen molar-refractivity contribution in [2.24, 2.45) is 23.7 Å². The summed E-state index contributed by atoms with van der Waals surface area (Å²) in [7, 11) is 3.44. The quantitative estimate of drug-likeness (QED) is 0.625. The van der Waals surface area contributed by atoms with Gasteiger partial charge in [0.15, 0.2) is 12.6 Å². The number of ether oxygens (including phenoxy) is 3. The second-order valence-corrected chi connectivity index (χ2v) is 4.45. The average molecular weight is 196 g/mol. The molecule has 2 aliphatic carbocycles. The fourth-order valence-corrected chi connectivity index (χ4v) is 3.40. The highest BCUT2D eigenvalue weighted by Crippen LogP contribution is 2.55. The molecule has 1 aliphatic heterocycles. The molecule has 14 heavy (non-hydrogen) atoms. The number of hydrogen-bond donors (Lipinski definition) is 0. The summed E-state index contributed by atoms with van der Waals surface area (Å²) in [6, 6.07) is 0. The molecule has 0 aromatic carbocycles. The van der Waals surface area contributed by atoms with Gasteiger partial charge in [-0.3, -0.25) is 0 Å². The van der Waals surface area contributed by atoms with E-state index in [9.17, 15) is 0 Å². The van der Waals surface area contributed by atoms with Gasteiger partial charge in [0.1, 0.15) is 0 Å². The lowest BCUT2D eigenvalue weighted by atomic mass is 9.84. The maximum atomic E-state index is 5.72. The van der Waals surface area contributed by atoms with Crippen LogP contribution in [-0.2, 0) is 14.2 Å². The monoisotopic (exact) mass is 196 g/mol. The highest BCUT2D eigenvalue weighted by atomic mass is 16.8. The van der Waals surface area contributed by atoms with Gasteiger partial charge in [-0.2, -0.15) is 0 Å². The Kier molecular flexibility index (Phi) is 1.94. The van der Waals surface area contributed by atoms with Crippen LogP contribution in [0.25, 0.3) is 0 Å². The topological polar surface area (TPSA) is 27.7 Å². The second kappa shape index (κ2) is 3.05. The van der Waals surface area contributed by atoms with E-state index in [1.807, 2.05) is 0 Å². The van der Waals surface area contributed by atoms with Gasteiger partial charge in [0, 0.05) is 26.1 Å². The third kappa shape index (κ3) is 0.977. The number of fused-ring (bicyclic) bond motifs is 5. The molecule has 3 nitrogen and oxygen atoms in total. The largest absolute Gasteiger partial charge is 0.355 e. The van der Waals surface area contributed by atoms with Gasteiger partial charge >= 0.3 is 0 Å². The van der Waals surface area contributed by atoms with Gasteiger partial charge in [0.25, 0.3) is 0 Å². The van der Waals surface area contributed by atoms with Crippen molar-refractivity contribution in [2.45, 2.75) is 19.0 Å². The summed E-state index contributed by atoms with van der Waals surface area (Å²) in [6.45, 7) is 0. The zero-order chi connectivity index (χ0) is 9.71. The standard InChI is InChI=1S/C11H16O3/c1-12-10-8-6-3-4-7(5-6)9(8)11(13-2)14-10/h3-4,6-11H,5H2,1-2H3/t6-,7+,8-,9+,10-,11+. The normalized spacial score (nSPS) is 54.1. The third-order valence-electron chi connectivity index (χ3n) is 3.94. The molecule has 3 aliphatic rings. The molecule has 1 saturated heterocycles. The van der Waals surface area contributed by atoms with Crippen molar-refractivity contribution in [1.82, 2.24) is 0 Å². The van der Waals surface area contributed by atoms with E-state index >= 15 is 0 Å². The first-order chi connectivity index (χ1) is 6.85. The van der Waals surface area contributed by atoms with Gasteiger partial charge in [-0.25, -0.2) is 0 Å². The first-order valence-electron chi connectivity index (χ1n) is 5.24. The number of allylic oxidation sites excluding steroid dienone is 2. The Hall–Kier alpha value is -0.380. The van der Waals surface area contributed by atoms with Gasteiger partial charge in [0.05, 0.1) is 0 Å². The van der Waals surface area contributed by atoms with Crippen LogP contribution in [0.15, 0.2) is 12.2 Å². The van der Waals surface area contributed by atoms with Crippen molar-refractivity contribution >= 4 is 0 Å². The summed E-state index contributed by atoms with van der Waals surface area (Å²) in [4.78, 5) is 0. The molecule has 1 saturated carbocycles. The van der Waals surface area contributed by atoms with Crippen molar-refractivity contribution in [2.75, 3.05) is 14.2 Å². The lowest BCUT2D eigenvalue weighted by molar-refractivity contribution is -0.202. The fourth-order valence-electron chi connectivity index (χ4n) is 3.40. The van der Waals surface area contributed by atoms with Crippen molar-refractivity contribution in [3.63, 3.8) is 0 Å². The minimum Gasteiger partial charge on any atom is -0.355 e. The van der Waals surface area contributed by atoms with Crippen LogP contribution in [0.4, 0.5) is 0 Å². The van der Waals surface area contributed by atoms with Crippen molar-refractivity contribution in [3.8, 4) is 0 Å². The highest BCUT2D eigenvalue weighted by molar-refractivity contribution is 5.16. The van der Waals surface area contributed by atoms with Gasteiger partial charge in [0.2, 0.25) is 0 Å². The summed E-state index contributed by atoms with van der Waals surface area (Å²) in [6.07, 6.45) is 5.77. The van der Waals surface area contributed by atoms with Crippen LogP contribution in [0.5, 0.6) is 0 Å². The molecule has 0 radical (unpaired) electrons. The molecule has 3 heteroatoms. The van der Waals surface area contributed by atoms with E-state index in [1.165, 1.54) is 6.42 Å². The number of methoxy groups -OCH3 is 2. The summed E-state index contributed by atoms with van der Waals surface area (Å²) < 4.78 is 16.5. The van der Waals surface area contributed by atoms with Gasteiger partial charge in [-0.1, -0.05) is 12.2 Å². The molecule has 78 valence electrons. The molecule has 0 aromatic rings. The van der Waals surface area contributed by atoms with Crippen LogP contribution in [0.2, 0.25) is 0 Å². The molecule has 0 amide bonds. The van der Waals surface area contributed by atoms with Crippen LogP contribution in [0, 0.1) is 23.7 Å². The Morgan fingerprint density at radius 3 is 1.93 bits per heavy atom. The zero-order valence-electron chi connectivity index (χ0n) is 8.55. The Labute approximate surface area is 84.0 Å². The maximum absolute atomic E-state index is 5.72. The van der Waals surface area contributed by atoms with Crippen molar-refractivity contribution < 1.29 is 14.2 Å². The molecule has 0 unspecified atom stereocenters. The van der Waals surface area contributed by atoms with E-state index in [4.69, 9.17) is 14.2 Å². The van der Waals surface area contributed by atoms with E-state index < -0.39 is 0 Å². The Morgan fingerprint density at radius 2 is 1.50 bits per heavy atom. The van der Waals surface area contributed by atoms with Crippen molar-refractivity contribution in [1.29, 1.82) is 0 Å². The Morgan fingerprint density at radius 1 is 1.00 bits per heavy atom. The van der Waals surface area contributed by atoms with E-state index in [0.717, 1.165) is 0 Å². The maximum Gasteiger partial charge on any atom is 0.164 e. The molecular formula is C11H16O3. The van der Waals surface area contributed by atoms with Crippen molar-refractivity contribution in [3.05, 3.63) is 12.2 Å². The first-order valence-corrected chi connectivity index (χ1v) is 5.24. The summed E-state index contributed by atoms with van der Waals surface area (Å²) in [5.41, 5.74) is 0. The van der Waals surface area contributed by atoms with E-state index in [-0.39, 0.29) is 12.6 Å². The third-order valence-corrected chi connectivity index (χ3v) is 3.94. The smallest absolute Gasteiger partial charge is 0.164 e. The summed E-state index contributed by atoms with van der Waals surface area (Å²) >= 11 is 0. The van der Waals surface area contributed by atoms with Gasteiger partial charge in [-0.05, 0) is 18.3 Å². The van der Waals surface area contributed by atoms with Gasteiger partial charge in [-0.15, -0.1) is 0 Å².